The third-order valence-corrected chi connectivity index (χ3v) is 1.68. The number of aliphatic imine (C=N–C) groups is 1. The van der Waals surface area contributed by atoms with E-state index in [0.717, 1.165) is 11.4 Å². The van der Waals surface area contributed by atoms with E-state index in [1.807, 2.05) is 30.3 Å². The van der Waals surface area contributed by atoms with Gasteiger partial charge in [-0.25, -0.2) is 0 Å². The molecule has 0 heterocycles. The van der Waals surface area contributed by atoms with E-state index in [1.165, 1.54) is 0 Å². The number of hydrogen-bond acceptors (Lipinski definition) is 2. The molecule has 3 nitrogen and oxygen atoms in total. The van der Waals surface area contributed by atoms with E-state index in [1.54, 1.807) is 7.05 Å². The third-order valence-electron chi connectivity index (χ3n) is 1.68. The third kappa shape index (κ3) is 2.87. The second-order valence-corrected chi connectivity index (χ2v) is 2.59. The van der Waals surface area contributed by atoms with Crippen LogP contribution in [0.3, 0.4) is 0 Å². The van der Waals surface area contributed by atoms with Crippen LogP contribution in [0, 0.1) is 0 Å². The van der Waals surface area contributed by atoms with Crippen molar-refractivity contribution < 1.29 is 5.11 Å². The van der Waals surface area contributed by atoms with Crippen LogP contribution in [0.25, 0.3) is 0 Å². The minimum atomic E-state index is 0.117. The van der Waals surface area contributed by atoms with E-state index in [4.69, 9.17) is 5.11 Å². The average molecular weight is 178 g/mol. The molecule has 13 heavy (non-hydrogen) atoms. The quantitative estimate of drug-likeness (QED) is 0.527. The Kier molecular flexibility index (Phi) is 3.99. The minimum Gasteiger partial charge on any atom is -0.395 e. The second-order valence-electron chi connectivity index (χ2n) is 2.59. The van der Waals surface area contributed by atoms with E-state index in [2.05, 4.69) is 10.3 Å². The molecule has 0 bridgehead atoms. The summed E-state index contributed by atoms with van der Waals surface area (Å²) in [6.07, 6.45) is 0. The van der Waals surface area contributed by atoms with Crippen LogP contribution in [0.1, 0.15) is 5.56 Å². The minimum absolute atomic E-state index is 0.117. The summed E-state index contributed by atoms with van der Waals surface area (Å²) in [5.41, 5.74) is 1.04. The molecule has 0 aromatic heterocycles. The molecule has 0 atom stereocenters. The van der Waals surface area contributed by atoms with E-state index in [9.17, 15) is 0 Å². The lowest BCUT2D eigenvalue weighted by molar-refractivity contribution is 0.300. The topological polar surface area (TPSA) is 44.6 Å². The van der Waals surface area contributed by atoms with Crippen LogP contribution in [0.15, 0.2) is 35.3 Å². The van der Waals surface area contributed by atoms with Gasteiger partial charge in [-0.15, -0.1) is 0 Å². The molecule has 1 aromatic rings. The van der Waals surface area contributed by atoms with Crippen molar-refractivity contribution in [3.8, 4) is 0 Å². The number of aliphatic hydroxyl groups is 1. The van der Waals surface area contributed by atoms with Crippen molar-refractivity contribution in [1.82, 2.24) is 5.32 Å². The predicted octanol–water partition coefficient (Wildman–Crippen LogP) is 0.645. The van der Waals surface area contributed by atoms with Gasteiger partial charge < -0.3 is 10.4 Å². The first kappa shape index (κ1) is 9.74. The fourth-order valence-corrected chi connectivity index (χ4v) is 1.08. The van der Waals surface area contributed by atoms with Crippen LogP contribution in [-0.2, 0) is 0 Å². The number of hydrogen-bond donors (Lipinski definition) is 2. The zero-order valence-corrected chi connectivity index (χ0v) is 7.70. The lowest BCUT2D eigenvalue weighted by atomic mass is 10.2. The number of rotatable bonds is 3. The Labute approximate surface area is 78.1 Å². The van der Waals surface area contributed by atoms with Crippen molar-refractivity contribution in [2.24, 2.45) is 4.99 Å². The summed E-state index contributed by atoms with van der Waals surface area (Å²) in [5, 5.41) is 11.7. The van der Waals surface area contributed by atoms with Crippen molar-refractivity contribution in [1.29, 1.82) is 0 Å². The average Bonchev–Trinajstić information content (AvgIpc) is 2.21. The van der Waals surface area contributed by atoms with Gasteiger partial charge in [-0.05, 0) is 0 Å². The van der Waals surface area contributed by atoms with Gasteiger partial charge in [0.15, 0.2) is 0 Å². The molecule has 1 rings (SSSR count). The van der Waals surface area contributed by atoms with Gasteiger partial charge in [-0.2, -0.15) is 0 Å². The summed E-state index contributed by atoms with van der Waals surface area (Å²) in [5.74, 6) is 0.814. The maximum absolute atomic E-state index is 8.64. The SMILES string of the molecule is CN=C(NCCO)c1ccccc1. The maximum Gasteiger partial charge on any atom is 0.128 e. The summed E-state index contributed by atoms with van der Waals surface area (Å²) < 4.78 is 0. The molecule has 0 saturated heterocycles. The van der Waals surface area contributed by atoms with Crippen LogP contribution < -0.4 is 5.32 Å². The maximum atomic E-state index is 8.64. The fraction of sp³-hybridized carbons (Fsp3) is 0.300. The first-order valence-electron chi connectivity index (χ1n) is 4.25. The van der Waals surface area contributed by atoms with Crippen molar-refractivity contribution >= 4 is 5.84 Å². The molecule has 0 radical (unpaired) electrons. The highest BCUT2D eigenvalue weighted by Gasteiger charge is 1.98. The van der Waals surface area contributed by atoms with E-state index in [0.29, 0.717) is 6.54 Å². The molecule has 0 saturated carbocycles. The Bertz CT molecular complexity index is 270. The first-order chi connectivity index (χ1) is 6.38. The molecule has 3 heteroatoms. The predicted molar refractivity (Wildman–Crippen MR) is 54.0 cm³/mol. The highest BCUT2D eigenvalue weighted by atomic mass is 16.3. The number of amidine groups is 1. The van der Waals surface area contributed by atoms with Gasteiger partial charge in [-0.1, -0.05) is 30.3 Å². The molecule has 2 N–H and O–H groups in total. The summed E-state index contributed by atoms with van der Waals surface area (Å²) in [6, 6.07) is 9.84. The normalized spacial score (nSPS) is 11.4. The van der Waals surface area contributed by atoms with Gasteiger partial charge in [0.1, 0.15) is 5.84 Å². The number of aliphatic hydroxyl groups excluding tert-OH is 1. The molecule has 0 fully saturated rings. The molecule has 0 aliphatic carbocycles. The smallest absolute Gasteiger partial charge is 0.128 e. The zero-order valence-electron chi connectivity index (χ0n) is 7.70. The fourth-order valence-electron chi connectivity index (χ4n) is 1.08. The first-order valence-corrected chi connectivity index (χ1v) is 4.25. The van der Waals surface area contributed by atoms with Gasteiger partial charge in [0.25, 0.3) is 0 Å². The largest absolute Gasteiger partial charge is 0.395 e. The molecular formula is C10H14N2O. The number of benzene rings is 1. The lowest BCUT2D eigenvalue weighted by Crippen LogP contribution is -2.27. The standard InChI is InChI=1S/C10H14N2O/c1-11-10(12-7-8-13)9-5-3-2-4-6-9/h2-6,13H,7-8H2,1H3,(H,11,12). The Morgan fingerprint density at radius 2 is 2.08 bits per heavy atom. The molecule has 1 aromatic carbocycles. The molecule has 70 valence electrons. The summed E-state index contributed by atoms with van der Waals surface area (Å²) in [7, 11) is 1.73. The van der Waals surface area contributed by atoms with Gasteiger partial charge in [-0.3, -0.25) is 4.99 Å². The zero-order chi connectivity index (χ0) is 9.52. The number of nitrogens with zero attached hydrogens (tertiary/aromatic N) is 1. The van der Waals surface area contributed by atoms with Crippen LogP contribution >= 0.6 is 0 Å². The van der Waals surface area contributed by atoms with Gasteiger partial charge in [0.05, 0.1) is 6.61 Å². The summed E-state index contributed by atoms with van der Waals surface area (Å²) in [4.78, 5) is 4.09. The van der Waals surface area contributed by atoms with Gasteiger partial charge in [0, 0.05) is 19.2 Å². The lowest BCUT2D eigenvalue weighted by Gasteiger charge is -2.07. The summed E-state index contributed by atoms with van der Waals surface area (Å²) in [6.45, 7) is 0.646. The van der Waals surface area contributed by atoms with Crippen LogP contribution in [0.4, 0.5) is 0 Å². The van der Waals surface area contributed by atoms with Crippen molar-refractivity contribution in [2.75, 3.05) is 20.2 Å². The molecule has 0 aliphatic heterocycles. The number of nitrogens with one attached hydrogen (secondary N) is 1. The van der Waals surface area contributed by atoms with Crippen LogP contribution in [0.5, 0.6) is 0 Å². The van der Waals surface area contributed by atoms with E-state index >= 15 is 0 Å². The van der Waals surface area contributed by atoms with Crippen molar-refractivity contribution in [3.05, 3.63) is 35.9 Å². The van der Waals surface area contributed by atoms with Crippen LogP contribution in [-0.4, -0.2) is 31.1 Å². The Morgan fingerprint density at radius 1 is 1.38 bits per heavy atom. The van der Waals surface area contributed by atoms with E-state index < -0.39 is 0 Å². The Morgan fingerprint density at radius 3 is 2.62 bits per heavy atom. The molecule has 0 unspecified atom stereocenters. The van der Waals surface area contributed by atoms with Crippen molar-refractivity contribution in [2.45, 2.75) is 0 Å². The van der Waals surface area contributed by atoms with Gasteiger partial charge in [0.2, 0.25) is 0 Å². The summed E-state index contributed by atoms with van der Waals surface area (Å²) >= 11 is 0. The molecule has 0 spiro atoms. The van der Waals surface area contributed by atoms with Gasteiger partial charge >= 0.3 is 0 Å². The van der Waals surface area contributed by atoms with Crippen LogP contribution in [0.2, 0.25) is 0 Å². The molecule has 0 aliphatic rings. The highest BCUT2D eigenvalue weighted by Crippen LogP contribution is 1.98. The van der Waals surface area contributed by atoms with Crippen molar-refractivity contribution in [3.63, 3.8) is 0 Å². The molecular weight excluding hydrogens is 164 g/mol. The van der Waals surface area contributed by atoms with E-state index in [-0.39, 0.29) is 6.61 Å². The Hall–Kier alpha value is -1.35. The Balaban J connectivity index is 2.69. The monoisotopic (exact) mass is 178 g/mol. The second kappa shape index (κ2) is 5.32. The molecule has 0 amide bonds. The highest BCUT2D eigenvalue weighted by molar-refractivity contribution is 5.98.